The Labute approximate surface area is 864 Å². The van der Waals surface area contributed by atoms with Crippen molar-refractivity contribution in [2.45, 2.75) is 55.4 Å². The van der Waals surface area contributed by atoms with Crippen LogP contribution in [-0.2, 0) is 140 Å². The van der Waals surface area contributed by atoms with Gasteiger partial charge in [0.15, 0.2) is 23.1 Å². The van der Waals surface area contributed by atoms with Gasteiger partial charge in [-0.3, -0.25) is 49.1 Å². The number of para-hydroxylation sites is 5. The topological polar surface area (TPSA) is 273 Å². The first-order valence-electron chi connectivity index (χ1n) is 39.0. The number of oxazole rings is 1. The van der Waals surface area contributed by atoms with Crippen molar-refractivity contribution in [1.82, 2.24) is 34.9 Å². The molecule has 0 fully saturated rings. The number of aromatic hydroxyl groups is 1. The number of benzene rings is 11. The molecule has 0 aliphatic rings. The Bertz CT molecular complexity index is 6300. The van der Waals surface area contributed by atoms with Crippen LogP contribution in [0.4, 0.5) is 0 Å². The van der Waals surface area contributed by atoms with E-state index in [0.717, 1.165) is 86.6 Å². The van der Waals surface area contributed by atoms with Crippen LogP contribution < -0.4 is 0 Å². The molecule has 19 aromatic rings. The maximum absolute atomic E-state index is 10.0. The standard InChI is InChI=1S/2C15H10N.2C13H8NS.C11H6NS2.C9H7NO.C9H6NO.4C5H8O2.6Ir/c1-2-6-12(7-3-1)15-10-13-8-4-5-9-14(13)11-16-15;1-2-6-12(7-3-1)15-11-10-13-8-4-5-9-14(13)16-15;2*1-2-6-10(7-3-1)13-14-11-8-4-5-9-12(11)15-13;1-2-5-9-8(4-1)12-11(14-9)10-6-3-7-13-10;11-8-5-1-3-7-4-2-6-10-9(7)8;1-2-4-8(5-3-1)9-10-6-7-11-9;4*1-4(6)3-5(2)7;;;;;;/h2*1-6,8-11H;2*1-6,8-9H;1-5,7H;1-6,11H;1-4,6-7H;4*3,6H,1-2H3;;;;;;/q5*-1;;-1;;;;;;;;;;. The van der Waals surface area contributed by atoms with Gasteiger partial charge in [-0.1, -0.05) is 126 Å². The number of hydrogen-bond acceptors (Lipinski definition) is 21. The van der Waals surface area contributed by atoms with Gasteiger partial charge in [0.05, 0.1) is 57.6 Å². The van der Waals surface area contributed by atoms with Crippen LogP contribution in [0.1, 0.15) is 55.4 Å². The number of allylic oxidation sites excluding steroid dienone is 8. The molecule has 0 aliphatic carbocycles. The smallest absolute Gasteiger partial charge is 0.155 e. The Morgan fingerprint density at radius 2 is 0.705 bits per heavy atom. The van der Waals surface area contributed by atoms with Crippen LogP contribution in [0.25, 0.3) is 128 Å². The molecule has 19 rings (SSSR count). The van der Waals surface area contributed by atoms with E-state index in [1.165, 1.54) is 110 Å². The second-order valence-corrected chi connectivity index (χ2v) is 30.8. The molecular formula is C105H87Ir6N7O10S4-6. The summed E-state index contributed by atoms with van der Waals surface area (Å²) in [5, 5.41) is 52.5. The van der Waals surface area contributed by atoms with E-state index >= 15 is 0 Å². The van der Waals surface area contributed by atoms with E-state index in [-0.39, 0.29) is 173 Å². The van der Waals surface area contributed by atoms with Gasteiger partial charge in [-0.25, -0.2) is 11.3 Å². The molecule has 0 aliphatic heterocycles. The molecule has 0 saturated carbocycles. The zero-order valence-corrected chi connectivity index (χ0v) is 89.7. The van der Waals surface area contributed by atoms with Crippen molar-refractivity contribution in [2.24, 2.45) is 0 Å². The molecule has 8 aromatic heterocycles. The molecule has 0 saturated heterocycles. The van der Waals surface area contributed by atoms with Crippen LogP contribution in [0.3, 0.4) is 0 Å². The normalized spacial score (nSPS) is 10.2. The number of ketones is 4. The van der Waals surface area contributed by atoms with Crippen LogP contribution in [0.15, 0.2) is 379 Å². The minimum atomic E-state index is -0.125. The summed E-state index contributed by atoms with van der Waals surface area (Å²) in [5.74, 6) is 0.605. The van der Waals surface area contributed by atoms with E-state index in [9.17, 15) is 24.3 Å². The molecule has 27 heteroatoms. The van der Waals surface area contributed by atoms with Gasteiger partial charge < -0.3 is 34.9 Å². The first-order valence-corrected chi connectivity index (χ1v) is 42.4. The van der Waals surface area contributed by atoms with Crippen LogP contribution in [0.2, 0.25) is 0 Å². The van der Waals surface area contributed by atoms with Crippen LogP contribution in [0.5, 0.6) is 5.75 Å². The number of fused-ring (bicyclic) bond motifs is 6. The van der Waals surface area contributed by atoms with Crippen molar-refractivity contribution in [1.29, 1.82) is 0 Å². The number of phenols is 1. The molecule has 17 nitrogen and oxygen atoms in total. The Morgan fingerprint density at radius 1 is 0.326 bits per heavy atom. The molecule has 0 bridgehead atoms. The van der Waals surface area contributed by atoms with Gasteiger partial charge in [0.2, 0.25) is 0 Å². The summed E-state index contributed by atoms with van der Waals surface area (Å²) in [5.41, 5.74) is 11.9. The molecule has 0 amide bonds. The van der Waals surface area contributed by atoms with Crippen molar-refractivity contribution < 1.29 is 170 Å². The van der Waals surface area contributed by atoms with Gasteiger partial charge in [0, 0.05) is 192 Å². The third kappa shape index (κ3) is 40.9. The van der Waals surface area contributed by atoms with E-state index < -0.39 is 0 Å². The van der Waals surface area contributed by atoms with Crippen molar-refractivity contribution in [3.8, 4) is 70.7 Å². The first-order chi connectivity index (χ1) is 61.0. The minimum Gasteiger partial charge on any atom is -0.512 e. The van der Waals surface area contributed by atoms with Gasteiger partial charge >= 0.3 is 0 Å². The fourth-order valence-corrected chi connectivity index (χ4v) is 14.7. The number of pyridine rings is 3. The molecule has 5 N–H and O–H groups in total. The Morgan fingerprint density at radius 3 is 1.10 bits per heavy atom. The number of thiazole rings is 3. The minimum absolute atomic E-state index is 0. The van der Waals surface area contributed by atoms with Gasteiger partial charge in [0.1, 0.15) is 17.2 Å². The number of carbonyl (C=O) groups is 4. The summed E-state index contributed by atoms with van der Waals surface area (Å²) in [6, 6.07) is 116. The zero-order valence-electron chi connectivity index (χ0n) is 72.0. The quantitative estimate of drug-likeness (QED) is 0.0483. The maximum atomic E-state index is 10.0. The molecule has 0 atom stereocenters. The molecule has 6 radical (unpaired) electrons. The number of aromatic nitrogens is 7. The van der Waals surface area contributed by atoms with Crippen molar-refractivity contribution >= 4 is 132 Å². The number of rotatable bonds is 10. The predicted octanol–water partition coefficient (Wildman–Crippen LogP) is 27.0. The van der Waals surface area contributed by atoms with Crippen molar-refractivity contribution in [3.63, 3.8) is 0 Å². The zero-order chi connectivity index (χ0) is 89.8. The number of thiophene rings is 1. The van der Waals surface area contributed by atoms with Crippen LogP contribution >= 0.6 is 45.3 Å². The Balaban J connectivity index is 0.000000378. The maximum Gasteiger partial charge on any atom is 0.155 e. The van der Waals surface area contributed by atoms with Gasteiger partial charge in [-0.05, 0) is 138 Å². The Hall–Kier alpha value is -11.2. The van der Waals surface area contributed by atoms with E-state index in [0.29, 0.717) is 11.4 Å². The third-order valence-electron chi connectivity index (χ3n) is 16.3. The molecule has 0 spiro atoms. The fraction of sp³-hybridized carbons (Fsp3) is 0.0762. The average Bonchev–Trinajstić information content (AvgIpc) is 1.83. The summed E-state index contributed by atoms with van der Waals surface area (Å²) in [6.07, 6.45) is 11.4. The summed E-state index contributed by atoms with van der Waals surface area (Å²) in [6.45, 7) is 11.4. The SMILES string of the molecule is CC(=O)C=C(C)O.CC(=O)C=C(C)O.CC(=O)C=C(C)O.CC(=O)C=C(C)O.Oc1cccc2cccnc12.[Ir].[Ir].[Ir].[Ir].[Ir].[Ir].[c-]1ccccc1-c1cc2ccccc2cn1.[c-]1ccccc1-c1ccc2ccccc2n1.[c-]1ccccc1-c1nc2ccccc2s1.[c-]1ccccc1-c1nc2ccccc2s1.[c-]1ccccc1-c1ncco1.[c-]1ccsc1-c1nc2ccccc2s1. The number of carbonyl (C=O) groups excluding carboxylic acids is 4. The molecule has 686 valence electrons. The second-order valence-electron chi connectivity index (χ2n) is 26.8. The van der Waals surface area contributed by atoms with Crippen LogP contribution in [-0.4, -0.2) is 83.6 Å². The fourth-order valence-electron chi connectivity index (χ4n) is 11.1. The third-order valence-corrected chi connectivity index (χ3v) is 20.4. The summed E-state index contributed by atoms with van der Waals surface area (Å²) < 4.78 is 8.77. The summed E-state index contributed by atoms with van der Waals surface area (Å²) in [4.78, 5) is 72.0. The largest absolute Gasteiger partial charge is 0.512 e. The average molecular weight is 2890 g/mol. The number of hydrogen-bond donors (Lipinski definition) is 5. The second kappa shape index (κ2) is 63.0. The molecule has 11 aromatic carbocycles. The van der Waals surface area contributed by atoms with Gasteiger partial charge in [0.25, 0.3) is 0 Å². The van der Waals surface area contributed by atoms with E-state index in [1.54, 1.807) is 76.1 Å². The monoisotopic (exact) mass is 2890 g/mol. The van der Waals surface area contributed by atoms with Crippen LogP contribution in [0, 0.1) is 36.4 Å². The predicted molar refractivity (Wildman–Crippen MR) is 514 cm³/mol. The summed E-state index contributed by atoms with van der Waals surface area (Å²) in [7, 11) is 0. The first kappa shape index (κ1) is 115. The van der Waals surface area contributed by atoms with E-state index in [2.05, 4.69) is 120 Å². The number of phenolic OH excluding ortho intramolecular Hbond substituents is 1. The van der Waals surface area contributed by atoms with E-state index in [1.807, 2.05) is 248 Å². The number of aliphatic hydroxyl groups excluding tert-OH is 4. The number of aliphatic hydroxyl groups is 4. The molecular weight excluding hydrogens is 2800 g/mol. The molecule has 8 heterocycles. The Kier molecular flexibility index (Phi) is 54.8. The van der Waals surface area contributed by atoms with Gasteiger partial charge in [-0.2, -0.15) is 46.1 Å². The van der Waals surface area contributed by atoms with Gasteiger partial charge in [-0.15, -0.1) is 179 Å². The number of nitrogens with zero attached hydrogens (tertiary/aromatic N) is 7. The van der Waals surface area contributed by atoms with Crippen molar-refractivity contribution in [2.75, 3.05) is 0 Å². The van der Waals surface area contributed by atoms with E-state index in [4.69, 9.17) is 24.8 Å². The van der Waals surface area contributed by atoms with Crippen molar-refractivity contribution in [3.05, 3.63) is 411 Å². The molecule has 0 unspecified atom stereocenters. The molecule has 132 heavy (non-hydrogen) atoms. The summed E-state index contributed by atoms with van der Waals surface area (Å²) >= 11 is 6.82.